The average Bonchev–Trinajstić information content (AvgIpc) is 2.57. The van der Waals surface area contributed by atoms with Gasteiger partial charge in [-0.2, -0.15) is 0 Å². The average molecular weight is 292 g/mol. The first-order valence-electron chi connectivity index (χ1n) is 5.24. The van der Waals surface area contributed by atoms with Gasteiger partial charge in [0.2, 0.25) is 0 Å². The largest absolute Gasteiger partial charge is 0.380 e. The molecule has 0 aliphatic carbocycles. The van der Waals surface area contributed by atoms with Crippen LogP contribution >= 0.6 is 27.3 Å². The van der Waals surface area contributed by atoms with Gasteiger partial charge in [-0.3, -0.25) is 0 Å². The van der Waals surface area contributed by atoms with Gasteiger partial charge in [0.05, 0.1) is 17.0 Å². The molecule has 0 aliphatic rings. The molecule has 0 bridgehead atoms. The van der Waals surface area contributed by atoms with E-state index in [1.807, 2.05) is 0 Å². The summed E-state index contributed by atoms with van der Waals surface area (Å²) in [6, 6.07) is 4.77. The first kappa shape index (κ1) is 13.2. The maximum Gasteiger partial charge on any atom is 0.0701 e. The normalized spacial score (nSPS) is 11.2. The van der Waals surface area contributed by atoms with E-state index in [0.717, 1.165) is 26.2 Å². The van der Waals surface area contributed by atoms with Gasteiger partial charge >= 0.3 is 0 Å². The first-order chi connectivity index (χ1) is 7.18. The van der Waals surface area contributed by atoms with Crippen molar-refractivity contribution in [1.82, 2.24) is 5.32 Å². The van der Waals surface area contributed by atoms with Crippen LogP contribution in [0.4, 0.5) is 0 Å². The molecule has 0 amide bonds. The molecule has 86 valence electrons. The zero-order valence-electron chi connectivity index (χ0n) is 9.25. The molecule has 0 saturated carbocycles. The Morgan fingerprint density at radius 2 is 2.20 bits per heavy atom. The lowest BCUT2D eigenvalue weighted by atomic mass is 10.4. The van der Waals surface area contributed by atoms with Gasteiger partial charge in [-0.1, -0.05) is 13.8 Å². The summed E-state index contributed by atoms with van der Waals surface area (Å²) in [5.41, 5.74) is 0. The van der Waals surface area contributed by atoms with Crippen LogP contribution in [0.25, 0.3) is 0 Å². The van der Waals surface area contributed by atoms with Crippen LogP contribution in [0.15, 0.2) is 15.9 Å². The van der Waals surface area contributed by atoms with Crippen molar-refractivity contribution in [3.8, 4) is 0 Å². The van der Waals surface area contributed by atoms with Crippen LogP contribution in [0.1, 0.15) is 18.7 Å². The molecule has 0 saturated heterocycles. The van der Waals surface area contributed by atoms with E-state index < -0.39 is 0 Å². The van der Waals surface area contributed by atoms with Crippen LogP contribution < -0.4 is 5.32 Å². The molecular weight excluding hydrogens is 274 g/mol. The Kier molecular flexibility index (Phi) is 6.48. The third-order valence-electron chi connectivity index (χ3n) is 1.92. The Morgan fingerprint density at radius 1 is 1.40 bits per heavy atom. The van der Waals surface area contributed by atoms with E-state index in [1.165, 1.54) is 8.66 Å². The molecule has 15 heavy (non-hydrogen) atoms. The highest BCUT2D eigenvalue weighted by Crippen LogP contribution is 2.22. The van der Waals surface area contributed by atoms with Crippen molar-refractivity contribution >= 4 is 27.3 Å². The number of ether oxygens (including phenoxy) is 1. The molecule has 1 rings (SSSR count). The summed E-state index contributed by atoms with van der Waals surface area (Å²) >= 11 is 5.23. The minimum absolute atomic E-state index is 0.543. The van der Waals surface area contributed by atoms with Crippen molar-refractivity contribution < 1.29 is 4.74 Å². The van der Waals surface area contributed by atoms with E-state index >= 15 is 0 Å². The Balaban J connectivity index is 1.98. The number of hydrogen-bond acceptors (Lipinski definition) is 3. The lowest BCUT2D eigenvalue weighted by Gasteiger charge is -2.07. The number of nitrogens with one attached hydrogen (secondary N) is 1. The molecule has 1 N–H and O–H groups in total. The molecule has 0 aliphatic heterocycles. The first-order valence-corrected chi connectivity index (χ1v) is 6.85. The van der Waals surface area contributed by atoms with Crippen molar-refractivity contribution in [3.05, 3.63) is 20.8 Å². The van der Waals surface area contributed by atoms with Gasteiger partial charge in [-0.05, 0) is 28.1 Å². The molecule has 0 radical (unpaired) electrons. The molecule has 1 aromatic rings. The fourth-order valence-corrected chi connectivity index (χ4v) is 2.64. The summed E-state index contributed by atoms with van der Waals surface area (Å²) in [5.74, 6) is 0. The SMILES string of the molecule is CC(C)NCCOCCc1ccc(Br)s1. The lowest BCUT2D eigenvalue weighted by molar-refractivity contribution is 0.138. The van der Waals surface area contributed by atoms with Gasteiger partial charge in [-0.15, -0.1) is 11.3 Å². The maximum absolute atomic E-state index is 5.53. The summed E-state index contributed by atoms with van der Waals surface area (Å²) in [6.07, 6.45) is 1.01. The molecule has 1 heterocycles. The number of halogens is 1. The Morgan fingerprint density at radius 3 is 2.80 bits per heavy atom. The van der Waals surface area contributed by atoms with Crippen molar-refractivity contribution in [2.75, 3.05) is 19.8 Å². The highest BCUT2D eigenvalue weighted by Gasteiger charge is 1.97. The molecule has 0 aromatic carbocycles. The number of thiophene rings is 1. The van der Waals surface area contributed by atoms with Crippen molar-refractivity contribution in [1.29, 1.82) is 0 Å². The zero-order valence-corrected chi connectivity index (χ0v) is 11.7. The molecule has 0 atom stereocenters. The van der Waals surface area contributed by atoms with E-state index in [0.29, 0.717) is 6.04 Å². The van der Waals surface area contributed by atoms with Crippen LogP contribution in [-0.2, 0) is 11.2 Å². The second-order valence-electron chi connectivity index (χ2n) is 3.68. The predicted molar refractivity (Wildman–Crippen MR) is 69.7 cm³/mol. The highest BCUT2D eigenvalue weighted by molar-refractivity contribution is 9.11. The Labute approximate surface area is 104 Å². The third kappa shape index (κ3) is 6.30. The van der Waals surface area contributed by atoms with Gasteiger partial charge in [0.1, 0.15) is 0 Å². The van der Waals surface area contributed by atoms with E-state index in [2.05, 4.69) is 47.2 Å². The summed E-state index contributed by atoms with van der Waals surface area (Å²) in [4.78, 5) is 1.37. The highest BCUT2D eigenvalue weighted by atomic mass is 79.9. The molecule has 0 unspecified atom stereocenters. The van der Waals surface area contributed by atoms with Gasteiger partial charge in [0.25, 0.3) is 0 Å². The molecular formula is C11H18BrNOS. The summed E-state index contributed by atoms with van der Waals surface area (Å²) in [6.45, 7) is 6.83. The van der Waals surface area contributed by atoms with Gasteiger partial charge in [-0.25, -0.2) is 0 Å². The monoisotopic (exact) mass is 291 g/mol. The molecule has 0 spiro atoms. The second kappa shape index (κ2) is 7.39. The van der Waals surface area contributed by atoms with E-state index in [9.17, 15) is 0 Å². The summed E-state index contributed by atoms with van der Waals surface area (Å²) in [5, 5.41) is 3.32. The number of hydrogen-bond donors (Lipinski definition) is 1. The quantitative estimate of drug-likeness (QED) is 0.780. The summed E-state index contributed by atoms with van der Waals surface area (Å²) in [7, 11) is 0. The predicted octanol–water partition coefficient (Wildman–Crippen LogP) is 3.07. The topological polar surface area (TPSA) is 21.3 Å². The third-order valence-corrected chi connectivity index (χ3v) is 3.60. The van der Waals surface area contributed by atoms with Crippen LogP contribution in [-0.4, -0.2) is 25.8 Å². The molecule has 1 aromatic heterocycles. The van der Waals surface area contributed by atoms with Crippen LogP contribution in [0, 0.1) is 0 Å². The van der Waals surface area contributed by atoms with Gasteiger partial charge in [0, 0.05) is 23.9 Å². The minimum atomic E-state index is 0.543. The van der Waals surface area contributed by atoms with E-state index in [4.69, 9.17) is 4.74 Å². The van der Waals surface area contributed by atoms with E-state index in [1.54, 1.807) is 11.3 Å². The molecule has 4 heteroatoms. The van der Waals surface area contributed by atoms with Crippen molar-refractivity contribution in [3.63, 3.8) is 0 Å². The van der Waals surface area contributed by atoms with Crippen molar-refractivity contribution in [2.45, 2.75) is 26.3 Å². The number of rotatable bonds is 7. The Bertz CT molecular complexity index is 275. The molecule has 2 nitrogen and oxygen atoms in total. The van der Waals surface area contributed by atoms with Crippen LogP contribution in [0.3, 0.4) is 0 Å². The van der Waals surface area contributed by atoms with E-state index in [-0.39, 0.29) is 0 Å². The lowest BCUT2D eigenvalue weighted by Crippen LogP contribution is -2.26. The van der Waals surface area contributed by atoms with Crippen LogP contribution in [0.5, 0.6) is 0 Å². The summed E-state index contributed by atoms with van der Waals surface area (Å²) < 4.78 is 6.72. The van der Waals surface area contributed by atoms with Gasteiger partial charge < -0.3 is 10.1 Å². The minimum Gasteiger partial charge on any atom is -0.380 e. The Hall–Kier alpha value is 0.1000. The standard InChI is InChI=1S/C11H18BrNOS/c1-9(2)13-6-8-14-7-5-10-3-4-11(12)15-10/h3-4,9,13H,5-8H2,1-2H3. The zero-order chi connectivity index (χ0) is 11.1. The van der Waals surface area contributed by atoms with Crippen molar-refractivity contribution in [2.24, 2.45) is 0 Å². The van der Waals surface area contributed by atoms with Crippen LogP contribution in [0.2, 0.25) is 0 Å². The van der Waals surface area contributed by atoms with Gasteiger partial charge in [0.15, 0.2) is 0 Å². The fourth-order valence-electron chi connectivity index (χ4n) is 1.18. The maximum atomic E-state index is 5.53. The fraction of sp³-hybridized carbons (Fsp3) is 0.636. The second-order valence-corrected chi connectivity index (χ2v) is 6.22. The smallest absolute Gasteiger partial charge is 0.0701 e. The molecule has 0 fully saturated rings.